The highest BCUT2D eigenvalue weighted by Gasteiger charge is 2.19. The van der Waals surface area contributed by atoms with Gasteiger partial charge in [-0.15, -0.1) is 0 Å². The third kappa shape index (κ3) is 60.2. The van der Waals surface area contributed by atoms with Crippen LogP contribution in [0.4, 0.5) is 0 Å². The zero-order chi connectivity index (χ0) is 53.6. The van der Waals surface area contributed by atoms with Crippen molar-refractivity contribution < 1.29 is 28.6 Å². The van der Waals surface area contributed by atoms with E-state index in [1.807, 2.05) is 0 Å². The van der Waals surface area contributed by atoms with E-state index in [1.54, 1.807) is 0 Å². The molecule has 6 heteroatoms. The number of allylic oxidation sites excluding steroid dienone is 8. The van der Waals surface area contributed by atoms with Gasteiger partial charge in [-0.25, -0.2) is 0 Å². The SMILES string of the molecule is CC/C=C\C/C=C\C/C=C\C/C=C\CCCCC(=O)OCC(COC(=O)CCCCCCCCCCCCCCCCCCCCCCCC)OC(=O)CCCCCCCCCCCCCCCCCCCCC. The molecule has 0 aromatic heterocycles. The normalized spacial score (nSPS) is 12.3. The Morgan fingerprint density at radius 1 is 0.284 bits per heavy atom. The van der Waals surface area contributed by atoms with Crippen molar-refractivity contribution >= 4 is 17.9 Å². The van der Waals surface area contributed by atoms with Gasteiger partial charge in [0, 0.05) is 19.3 Å². The van der Waals surface area contributed by atoms with Crippen LogP contribution in [0.1, 0.15) is 348 Å². The molecule has 0 radical (unpaired) electrons. The smallest absolute Gasteiger partial charge is 0.306 e. The Bertz CT molecular complexity index is 1280. The predicted molar refractivity (Wildman–Crippen MR) is 321 cm³/mol. The molecule has 0 aromatic rings. The molecular weight excluding hydrogens is 913 g/mol. The number of carbonyl (C=O) groups is 3. The first kappa shape index (κ1) is 71.4. The van der Waals surface area contributed by atoms with E-state index in [-0.39, 0.29) is 31.1 Å². The molecule has 0 bridgehead atoms. The highest BCUT2D eigenvalue weighted by molar-refractivity contribution is 5.71. The lowest BCUT2D eigenvalue weighted by molar-refractivity contribution is -0.167. The first-order valence-corrected chi connectivity index (χ1v) is 32.6. The fourth-order valence-electron chi connectivity index (χ4n) is 9.73. The molecule has 0 aliphatic carbocycles. The molecular formula is C68H124O6. The molecule has 0 saturated carbocycles. The van der Waals surface area contributed by atoms with E-state index in [9.17, 15) is 14.4 Å². The lowest BCUT2D eigenvalue weighted by Crippen LogP contribution is -2.30. The van der Waals surface area contributed by atoms with Crippen molar-refractivity contribution in [3.8, 4) is 0 Å². The van der Waals surface area contributed by atoms with Crippen LogP contribution in [0.5, 0.6) is 0 Å². The van der Waals surface area contributed by atoms with E-state index < -0.39 is 6.10 Å². The average Bonchev–Trinajstić information content (AvgIpc) is 3.40. The molecule has 0 saturated heterocycles. The van der Waals surface area contributed by atoms with Crippen molar-refractivity contribution in [2.45, 2.75) is 354 Å². The fourth-order valence-corrected chi connectivity index (χ4v) is 9.73. The van der Waals surface area contributed by atoms with Crippen molar-refractivity contribution in [3.05, 3.63) is 48.6 Å². The van der Waals surface area contributed by atoms with E-state index in [1.165, 1.54) is 225 Å². The summed E-state index contributed by atoms with van der Waals surface area (Å²) >= 11 is 0. The summed E-state index contributed by atoms with van der Waals surface area (Å²) in [5.74, 6) is -0.900. The Morgan fingerprint density at radius 3 is 0.824 bits per heavy atom. The maximum Gasteiger partial charge on any atom is 0.306 e. The molecule has 6 nitrogen and oxygen atoms in total. The van der Waals surface area contributed by atoms with Crippen molar-refractivity contribution in [2.24, 2.45) is 0 Å². The molecule has 0 spiro atoms. The van der Waals surface area contributed by atoms with Crippen LogP contribution in [0, 0.1) is 0 Å². The molecule has 0 N–H and O–H groups in total. The maximum absolute atomic E-state index is 12.9. The van der Waals surface area contributed by atoms with Gasteiger partial charge in [0.25, 0.3) is 0 Å². The highest BCUT2D eigenvalue weighted by atomic mass is 16.6. The molecule has 0 amide bonds. The molecule has 1 unspecified atom stereocenters. The summed E-state index contributed by atoms with van der Waals surface area (Å²) in [7, 11) is 0. The first-order chi connectivity index (χ1) is 36.5. The number of carbonyl (C=O) groups excluding carboxylic acids is 3. The summed E-state index contributed by atoms with van der Waals surface area (Å²) in [6, 6.07) is 0. The van der Waals surface area contributed by atoms with Crippen LogP contribution in [-0.2, 0) is 28.6 Å². The average molecular weight is 1040 g/mol. The quantitative estimate of drug-likeness (QED) is 0.0261. The van der Waals surface area contributed by atoms with Crippen molar-refractivity contribution in [2.75, 3.05) is 13.2 Å². The van der Waals surface area contributed by atoms with Gasteiger partial charge in [0.15, 0.2) is 6.10 Å². The second-order valence-corrected chi connectivity index (χ2v) is 22.0. The van der Waals surface area contributed by atoms with Gasteiger partial charge in [0.1, 0.15) is 13.2 Å². The fraction of sp³-hybridized carbons (Fsp3) is 0.838. The van der Waals surface area contributed by atoms with E-state index in [0.29, 0.717) is 19.3 Å². The second kappa shape index (κ2) is 62.9. The summed E-state index contributed by atoms with van der Waals surface area (Å²) < 4.78 is 16.9. The largest absolute Gasteiger partial charge is 0.462 e. The Morgan fingerprint density at radius 2 is 0.527 bits per heavy atom. The molecule has 0 aliphatic rings. The molecule has 0 heterocycles. The lowest BCUT2D eigenvalue weighted by atomic mass is 10.0. The first-order valence-electron chi connectivity index (χ1n) is 32.6. The van der Waals surface area contributed by atoms with Crippen LogP contribution in [0.3, 0.4) is 0 Å². The van der Waals surface area contributed by atoms with E-state index in [4.69, 9.17) is 14.2 Å². The number of rotatable bonds is 60. The molecule has 74 heavy (non-hydrogen) atoms. The van der Waals surface area contributed by atoms with Crippen LogP contribution in [0.15, 0.2) is 48.6 Å². The van der Waals surface area contributed by atoms with Crippen LogP contribution in [-0.4, -0.2) is 37.2 Å². The zero-order valence-corrected chi connectivity index (χ0v) is 49.6. The Balaban J connectivity index is 4.32. The van der Waals surface area contributed by atoms with Gasteiger partial charge < -0.3 is 14.2 Å². The van der Waals surface area contributed by atoms with E-state index in [2.05, 4.69) is 69.4 Å². The lowest BCUT2D eigenvalue weighted by Gasteiger charge is -2.18. The van der Waals surface area contributed by atoms with Gasteiger partial charge >= 0.3 is 17.9 Å². The molecule has 0 aromatic carbocycles. The van der Waals surface area contributed by atoms with E-state index >= 15 is 0 Å². The Hall–Kier alpha value is -2.63. The van der Waals surface area contributed by atoms with Crippen molar-refractivity contribution in [1.29, 1.82) is 0 Å². The van der Waals surface area contributed by atoms with Gasteiger partial charge in [0.05, 0.1) is 0 Å². The van der Waals surface area contributed by atoms with Crippen LogP contribution < -0.4 is 0 Å². The predicted octanol–water partition coefficient (Wildman–Crippen LogP) is 22.2. The number of esters is 3. The minimum absolute atomic E-state index is 0.0812. The van der Waals surface area contributed by atoms with Gasteiger partial charge in [-0.2, -0.15) is 0 Å². The molecule has 0 fully saturated rings. The van der Waals surface area contributed by atoms with Gasteiger partial charge in [-0.3, -0.25) is 14.4 Å². The highest BCUT2D eigenvalue weighted by Crippen LogP contribution is 2.18. The molecule has 432 valence electrons. The molecule has 0 rings (SSSR count). The summed E-state index contributed by atoms with van der Waals surface area (Å²) in [6.07, 6.45) is 78.4. The van der Waals surface area contributed by atoms with Gasteiger partial charge in [-0.1, -0.05) is 320 Å². The maximum atomic E-state index is 12.9. The topological polar surface area (TPSA) is 78.9 Å². The summed E-state index contributed by atoms with van der Waals surface area (Å²) in [5.41, 5.74) is 0. The number of hydrogen-bond donors (Lipinski definition) is 0. The minimum atomic E-state index is -0.787. The van der Waals surface area contributed by atoms with Crippen molar-refractivity contribution in [1.82, 2.24) is 0 Å². The number of hydrogen-bond acceptors (Lipinski definition) is 6. The van der Waals surface area contributed by atoms with Crippen LogP contribution in [0.2, 0.25) is 0 Å². The third-order valence-corrected chi connectivity index (χ3v) is 14.6. The monoisotopic (exact) mass is 1040 g/mol. The summed E-state index contributed by atoms with van der Waals surface area (Å²) in [5, 5.41) is 0. The molecule has 0 aliphatic heterocycles. The summed E-state index contributed by atoms with van der Waals surface area (Å²) in [6.45, 7) is 6.56. The van der Waals surface area contributed by atoms with Crippen LogP contribution in [0.25, 0.3) is 0 Å². The minimum Gasteiger partial charge on any atom is -0.462 e. The molecule has 1 atom stereocenters. The van der Waals surface area contributed by atoms with E-state index in [0.717, 1.165) is 83.5 Å². The number of unbranched alkanes of at least 4 members (excludes halogenated alkanes) is 41. The third-order valence-electron chi connectivity index (χ3n) is 14.6. The van der Waals surface area contributed by atoms with Crippen LogP contribution >= 0.6 is 0 Å². The number of ether oxygens (including phenoxy) is 3. The summed E-state index contributed by atoms with van der Waals surface area (Å²) in [4.78, 5) is 38.3. The Labute approximate surface area is 460 Å². The Kier molecular flexibility index (Phi) is 60.7. The van der Waals surface area contributed by atoms with Gasteiger partial charge in [0.2, 0.25) is 0 Å². The second-order valence-electron chi connectivity index (χ2n) is 22.0. The van der Waals surface area contributed by atoms with Gasteiger partial charge in [-0.05, 0) is 57.8 Å². The van der Waals surface area contributed by atoms with Crippen molar-refractivity contribution in [3.63, 3.8) is 0 Å². The standard InChI is InChI=1S/C68H124O6/c1-4-7-10-13-16-19-22-25-28-30-32-33-34-36-37-40-43-46-49-52-55-58-61-67(70)73-64-65(63-72-66(69)60-57-54-51-48-45-42-39-27-24-21-18-15-12-9-6-3)74-68(71)62-59-56-53-50-47-44-41-38-35-31-29-26-23-20-17-14-11-8-5-2/h9,12,18,21,27,39,45,48,65H,4-8,10-11,13-17,19-20,22-26,28-38,40-44,46-47,49-64H2,1-3H3/b12-9-,21-18-,39-27-,48-45-. The zero-order valence-electron chi connectivity index (χ0n) is 49.6.